The highest BCUT2D eigenvalue weighted by Crippen LogP contribution is 2.49. The van der Waals surface area contributed by atoms with Gasteiger partial charge >= 0.3 is 0 Å². The molecule has 82 valence electrons. The van der Waals surface area contributed by atoms with Crippen molar-refractivity contribution in [2.75, 3.05) is 0 Å². The van der Waals surface area contributed by atoms with E-state index in [1.165, 1.54) is 25.7 Å². The second-order valence-electron chi connectivity index (χ2n) is 5.03. The lowest BCUT2D eigenvalue weighted by molar-refractivity contribution is -0.121. The van der Waals surface area contributed by atoms with Gasteiger partial charge in [-0.2, -0.15) is 5.26 Å². The van der Waals surface area contributed by atoms with Crippen molar-refractivity contribution in [2.45, 2.75) is 45.1 Å². The van der Waals surface area contributed by atoms with Crippen molar-refractivity contribution in [3.8, 4) is 6.07 Å². The Balaban J connectivity index is 1.84. The van der Waals surface area contributed by atoms with Crippen molar-refractivity contribution in [2.24, 2.45) is 17.8 Å². The predicted molar refractivity (Wildman–Crippen MR) is 56.8 cm³/mol. The van der Waals surface area contributed by atoms with E-state index in [1.807, 2.05) is 6.07 Å². The standard InChI is InChI=1S/C12H18N2O/c1-8(14-12(15)4-5-13)11-7-9-2-3-10(11)6-9/h8-11H,2-4,6-7H2,1H3,(H,14,15)/t8-,9-,10-,11-/m1/s1. The molecule has 0 aromatic carbocycles. The molecule has 2 rings (SSSR count). The summed E-state index contributed by atoms with van der Waals surface area (Å²) in [5.74, 6) is 2.28. The zero-order valence-corrected chi connectivity index (χ0v) is 9.20. The van der Waals surface area contributed by atoms with Gasteiger partial charge < -0.3 is 5.32 Å². The number of hydrogen-bond acceptors (Lipinski definition) is 2. The van der Waals surface area contributed by atoms with E-state index >= 15 is 0 Å². The number of carbonyl (C=O) groups excluding carboxylic acids is 1. The van der Waals surface area contributed by atoms with E-state index in [2.05, 4.69) is 12.2 Å². The minimum atomic E-state index is -0.118. The normalized spacial score (nSPS) is 34.8. The first-order valence-corrected chi connectivity index (χ1v) is 5.87. The van der Waals surface area contributed by atoms with Crippen LogP contribution in [-0.2, 0) is 4.79 Å². The molecule has 0 spiro atoms. The molecule has 1 amide bonds. The molecule has 2 saturated carbocycles. The lowest BCUT2D eigenvalue weighted by Gasteiger charge is -2.28. The molecule has 0 radical (unpaired) electrons. The van der Waals surface area contributed by atoms with E-state index in [4.69, 9.17) is 5.26 Å². The van der Waals surface area contributed by atoms with Crippen molar-refractivity contribution >= 4 is 5.91 Å². The van der Waals surface area contributed by atoms with Crippen molar-refractivity contribution in [3.05, 3.63) is 0 Å². The van der Waals surface area contributed by atoms with Gasteiger partial charge in [-0.25, -0.2) is 0 Å². The molecule has 0 aromatic heterocycles. The minimum absolute atomic E-state index is 0.00877. The largest absolute Gasteiger partial charge is 0.352 e. The van der Waals surface area contributed by atoms with Crippen LogP contribution in [0.15, 0.2) is 0 Å². The monoisotopic (exact) mass is 206 g/mol. The van der Waals surface area contributed by atoms with E-state index < -0.39 is 0 Å². The number of carbonyl (C=O) groups is 1. The van der Waals surface area contributed by atoms with Crippen LogP contribution >= 0.6 is 0 Å². The topological polar surface area (TPSA) is 52.9 Å². The fraction of sp³-hybridized carbons (Fsp3) is 0.833. The molecule has 2 fully saturated rings. The van der Waals surface area contributed by atoms with Gasteiger partial charge in [0.2, 0.25) is 5.91 Å². The Bertz CT molecular complexity index is 294. The first kappa shape index (κ1) is 10.5. The average Bonchev–Trinajstić information content (AvgIpc) is 2.78. The first-order chi connectivity index (χ1) is 7.20. The third kappa shape index (κ3) is 2.14. The van der Waals surface area contributed by atoms with Crippen LogP contribution in [0, 0.1) is 29.1 Å². The summed E-state index contributed by atoms with van der Waals surface area (Å²) in [4.78, 5) is 11.3. The molecule has 2 aliphatic rings. The number of hydrogen-bond donors (Lipinski definition) is 1. The maximum absolute atomic E-state index is 11.3. The molecule has 0 heterocycles. The van der Waals surface area contributed by atoms with Gasteiger partial charge in [-0.3, -0.25) is 4.79 Å². The summed E-state index contributed by atoms with van der Waals surface area (Å²) >= 11 is 0. The van der Waals surface area contributed by atoms with Gasteiger partial charge in [0.25, 0.3) is 0 Å². The highest BCUT2D eigenvalue weighted by molar-refractivity contribution is 5.78. The number of nitrogens with zero attached hydrogens (tertiary/aromatic N) is 1. The Morgan fingerprint density at radius 3 is 2.87 bits per heavy atom. The number of nitriles is 1. The molecule has 3 nitrogen and oxygen atoms in total. The lowest BCUT2D eigenvalue weighted by atomic mass is 9.84. The second kappa shape index (κ2) is 4.22. The fourth-order valence-electron chi connectivity index (χ4n) is 3.39. The smallest absolute Gasteiger partial charge is 0.234 e. The molecular formula is C12H18N2O. The van der Waals surface area contributed by atoms with Crippen LogP contribution in [0.1, 0.15) is 39.0 Å². The van der Waals surface area contributed by atoms with E-state index in [9.17, 15) is 4.79 Å². The summed E-state index contributed by atoms with van der Waals surface area (Å²) in [6.45, 7) is 2.08. The molecular weight excluding hydrogens is 188 g/mol. The summed E-state index contributed by atoms with van der Waals surface area (Å²) in [7, 11) is 0. The van der Waals surface area contributed by atoms with Crippen molar-refractivity contribution < 1.29 is 4.79 Å². The van der Waals surface area contributed by atoms with Gasteiger partial charge in [0.05, 0.1) is 6.07 Å². The summed E-state index contributed by atoms with van der Waals surface area (Å²) in [5, 5.41) is 11.4. The van der Waals surface area contributed by atoms with Crippen LogP contribution in [0.5, 0.6) is 0 Å². The van der Waals surface area contributed by atoms with E-state index in [0.29, 0.717) is 5.92 Å². The third-order valence-electron chi connectivity index (χ3n) is 4.06. The minimum Gasteiger partial charge on any atom is -0.352 e. The summed E-state index contributed by atoms with van der Waals surface area (Å²) in [6.07, 6.45) is 5.36. The zero-order chi connectivity index (χ0) is 10.8. The maximum atomic E-state index is 11.3. The van der Waals surface area contributed by atoms with Crippen LogP contribution in [0.3, 0.4) is 0 Å². The fourth-order valence-corrected chi connectivity index (χ4v) is 3.39. The van der Waals surface area contributed by atoms with E-state index in [0.717, 1.165) is 11.8 Å². The first-order valence-electron chi connectivity index (χ1n) is 5.87. The molecule has 2 bridgehead atoms. The van der Waals surface area contributed by atoms with Gasteiger partial charge in [-0.1, -0.05) is 6.42 Å². The molecule has 4 atom stereocenters. The number of nitrogens with one attached hydrogen (secondary N) is 1. The van der Waals surface area contributed by atoms with Crippen LogP contribution in [0.4, 0.5) is 0 Å². The highest BCUT2D eigenvalue weighted by Gasteiger charge is 2.41. The molecule has 0 unspecified atom stereocenters. The molecule has 0 aliphatic heterocycles. The summed E-state index contributed by atoms with van der Waals surface area (Å²) in [5.41, 5.74) is 0. The average molecular weight is 206 g/mol. The van der Waals surface area contributed by atoms with Gasteiger partial charge in [-0.15, -0.1) is 0 Å². The Morgan fingerprint density at radius 1 is 1.53 bits per heavy atom. The molecule has 3 heteroatoms. The molecule has 1 N–H and O–H groups in total. The quantitative estimate of drug-likeness (QED) is 0.766. The van der Waals surface area contributed by atoms with Gasteiger partial charge in [0.1, 0.15) is 6.42 Å². The molecule has 15 heavy (non-hydrogen) atoms. The van der Waals surface area contributed by atoms with E-state index in [-0.39, 0.29) is 18.4 Å². The SMILES string of the molecule is C[C@@H](NC(=O)CC#N)[C@H]1C[C@@H]2CC[C@@H]1C2. The molecule has 0 aromatic rings. The van der Waals surface area contributed by atoms with Crippen LogP contribution in [0.2, 0.25) is 0 Å². The second-order valence-corrected chi connectivity index (χ2v) is 5.03. The molecule has 0 saturated heterocycles. The van der Waals surface area contributed by atoms with Crippen LogP contribution in [-0.4, -0.2) is 11.9 Å². The van der Waals surface area contributed by atoms with Gasteiger partial charge in [-0.05, 0) is 43.9 Å². The third-order valence-corrected chi connectivity index (χ3v) is 4.06. The Labute approximate surface area is 90.8 Å². The Hall–Kier alpha value is -1.04. The van der Waals surface area contributed by atoms with E-state index in [1.54, 1.807) is 0 Å². The molecule has 2 aliphatic carbocycles. The number of fused-ring (bicyclic) bond motifs is 2. The highest BCUT2D eigenvalue weighted by atomic mass is 16.1. The van der Waals surface area contributed by atoms with Crippen molar-refractivity contribution in [1.82, 2.24) is 5.32 Å². The Kier molecular flexibility index (Phi) is 2.95. The van der Waals surface area contributed by atoms with Crippen LogP contribution < -0.4 is 5.32 Å². The predicted octanol–water partition coefficient (Wildman–Crippen LogP) is 1.84. The van der Waals surface area contributed by atoms with Crippen LogP contribution in [0.25, 0.3) is 0 Å². The van der Waals surface area contributed by atoms with Gasteiger partial charge in [0.15, 0.2) is 0 Å². The lowest BCUT2D eigenvalue weighted by Crippen LogP contribution is -2.39. The summed E-state index contributed by atoms with van der Waals surface area (Å²) < 4.78 is 0. The van der Waals surface area contributed by atoms with Gasteiger partial charge in [0, 0.05) is 6.04 Å². The number of amides is 1. The van der Waals surface area contributed by atoms with Crippen molar-refractivity contribution in [3.63, 3.8) is 0 Å². The van der Waals surface area contributed by atoms with Crippen molar-refractivity contribution in [1.29, 1.82) is 5.26 Å². The number of rotatable bonds is 3. The summed E-state index contributed by atoms with van der Waals surface area (Å²) in [6, 6.07) is 2.14. The zero-order valence-electron chi connectivity index (χ0n) is 9.20. The Morgan fingerprint density at radius 2 is 2.33 bits per heavy atom. The maximum Gasteiger partial charge on any atom is 0.234 e.